The largest absolute Gasteiger partial charge is 0.352 e. The van der Waals surface area contributed by atoms with Crippen LogP contribution < -0.4 is 5.32 Å². The molecule has 2 atom stereocenters. The Balaban J connectivity index is 1.79. The van der Waals surface area contributed by atoms with Crippen LogP contribution in [0.4, 0.5) is 0 Å². The van der Waals surface area contributed by atoms with Gasteiger partial charge in [-0.1, -0.05) is 24.3 Å². The van der Waals surface area contributed by atoms with Crippen LogP contribution in [0.25, 0.3) is 5.69 Å². The standard InChI is InChI=1S/C23H27N5S/c1-17-9-4-5-11-19(17)27-14-8-12-20(27)22-21(18-10-6-7-13-24-18)25-23(29)28(22)16-15-26(2)3/h4-14,21-22H,15-16H2,1-3H3,(H,25,29)/t21-,22+/m0/s1. The maximum absolute atomic E-state index is 5.77. The molecule has 29 heavy (non-hydrogen) atoms. The minimum atomic E-state index is 0.00327. The van der Waals surface area contributed by atoms with Crippen LogP contribution in [0.1, 0.15) is 29.0 Å². The predicted octanol–water partition coefficient (Wildman–Crippen LogP) is 3.71. The molecule has 0 amide bonds. The molecule has 0 bridgehead atoms. The summed E-state index contributed by atoms with van der Waals surface area (Å²) in [4.78, 5) is 9.13. The van der Waals surface area contributed by atoms with Gasteiger partial charge in [-0.25, -0.2) is 0 Å². The van der Waals surface area contributed by atoms with E-state index in [2.05, 4.69) is 94.3 Å². The number of hydrogen-bond donors (Lipinski definition) is 1. The highest BCUT2D eigenvalue weighted by Gasteiger charge is 2.41. The van der Waals surface area contributed by atoms with E-state index in [-0.39, 0.29) is 12.1 Å². The van der Waals surface area contributed by atoms with Crippen molar-refractivity contribution in [1.82, 2.24) is 24.7 Å². The smallest absolute Gasteiger partial charge is 0.170 e. The lowest BCUT2D eigenvalue weighted by molar-refractivity contribution is 0.272. The minimum absolute atomic E-state index is 0.00327. The monoisotopic (exact) mass is 405 g/mol. The summed E-state index contributed by atoms with van der Waals surface area (Å²) in [6.07, 6.45) is 3.98. The van der Waals surface area contributed by atoms with Crippen molar-refractivity contribution in [3.8, 4) is 5.69 Å². The lowest BCUT2D eigenvalue weighted by atomic mass is 10.0. The number of rotatable bonds is 6. The maximum Gasteiger partial charge on any atom is 0.170 e. The molecule has 6 heteroatoms. The van der Waals surface area contributed by atoms with E-state index < -0.39 is 0 Å². The van der Waals surface area contributed by atoms with Crippen molar-refractivity contribution in [2.45, 2.75) is 19.0 Å². The summed E-state index contributed by atoms with van der Waals surface area (Å²) in [5.74, 6) is 0. The van der Waals surface area contributed by atoms with Crippen LogP contribution in [-0.4, -0.2) is 51.6 Å². The third kappa shape index (κ3) is 3.91. The van der Waals surface area contributed by atoms with Crippen LogP contribution in [-0.2, 0) is 0 Å². The molecule has 0 saturated carbocycles. The number of benzene rings is 1. The number of hydrogen-bond acceptors (Lipinski definition) is 3. The van der Waals surface area contributed by atoms with Gasteiger partial charge in [0, 0.05) is 36.9 Å². The maximum atomic E-state index is 5.77. The van der Waals surface area contributed by atoms with Crippen LogP contribution in [0.15, 0.2) is 67.0 Å². The lowest BCUT2D eigenvalue weighted by Crippen LogP contribution is -2.36. The fraction of sp³-hybridized carbons (Fsp3) is 0.304. The first-order valence-corrected chi connectivity index (χ1v) is 10.3. The molecule has 150 valence electrons. The number of aryl methyl sites for hydroxylation is 1. The molecule has 5 nitrogen and oxygen atoms in total. The number of aromatic nitrogens is 2. The Bertz CT molecular complexity index is 982. The van der Waals surface area contributed by atoms with Gasteiger partial charge in [-0.05, 0) is 69.1 Å². The molecular weight excluding hydrogens is 378 g/mol. The van der Waals surface area contributed by atoms with Crippen molar-refractivity contribution in [3.05, 3.63) is 83.9 Å². The molecule has 1 saturated heterocycles. The summed E-state index contributed by atoms with van der Waals surface area (Å²) in [5.41, 5.74) is 4.65. The van der Waals surface area contributed by atoms with Crippen molar-refractivity contribution < 1.29 is 0 Å². The van der Waals surface area contributed by atoms with Crippen molar-refractivity contribution in [2.75, 3.05) is 27.2 Å². The van der Waals surface area contributed by atoms with Gasteiger partial charge < -0.3 is 19.7 Å². The zero-order valence-electron chi connectivity index (χ0n) is 17.1. The van der Waals surface area contributed by atoms with Gasteiger partial charge in [-0.3, -0.25) is 4.98 Å². The predicted molar refractivity (Wildman–Crippen MR) is 121 cm³/mol. The van der Waals surface area contributed by atoms with Gasteiger partial charge in [0.2, 0.25) is 0 Å². The Hall–Kier alpha value is -2.70. The first-order valence-electron chi connectivity index (χ1n) is 9.92. The third-order valence-electron chi connectivity index (χ3n) is 5.44. The van der Waals surface area contributed by atoms with Crippen molar-refractivity contribution in [3.63, 3.8) is 0 Å². The first kappa shape index (κ1) is 19.6. The molecule has 1 N–H and O–H groups in total. The summed E-state index contributed by atoms with van der Waals surface area (Å²) in [7, 11) is 4.18. The summed E-state index contributed by atoms with van der Waals surface area (Å²) < 4.78 is 2.29. The van der Waals surface area contributed by atoms with E-state index in [1.165, 1.54) is 16.9 Å². The Labute approximate surface area is 178 Å². The number of nitrogens with one attached hydrogen (secondary N) is 1. The average Bonchev–Trinajstić information content (AvgIpc) is 3.31. The van der Waals surface area contributed by atoms with E-state index in [1.807, 2.05) is 18.3 Å². The number of thiocarbonyl (C=S) groups is 1. The molecule has 3 aromatic rings. The second-order valence-electron chi connectivity index (χ2n) is 7.71. The summed E-state index contributed by atoms with van der Waals surface area (Å²) in [5, 5.41) is 4.32. The van der Waals surface area contributed by atoms with Crippen LogP contribution in [0.3, 0.4) is 0 Å². The normalized spacial score (nSPS) is 19.0. The van der Waals surface area contributed by atoms with Gasteiger partial charge in [0.25, 0.3) is 0 Å². The fourth-order valence-corrected chi connectivity index (χ4v) is 4.30. The zero-order valence-corrected chi connectivity index (χ0v) is 17.9. The molecule has 0 aliphatic carbocycles. The number of likely N-dealkylation sites (N-methyl/N-ethyl adjacent to an activating group) is 1. The highest BCUT2D eigenvalue weighted by molar-refractivity contribution is 7.80. The lowest BCUT2D eigenvalue weighted by Gasteiger charge is -2.30. The van der Waals surface area contributed by atoms with Gasteiger partial charge in [0.05, 0.1) is 17.8 Å². The Morgan fingerprint density at radius 3 is 2.59 bits per heavy atom. The Morgan fingerprint density at radius 2 is 1.86 bits per heavy atom. The molecule has 4 rings (SSSR count). The van der Waals surface area contributed by atoms with E-state index in [9.17, 15) is 0 Å². The molecule has 3 heterocycles. The molecule has 2 aromatic heterocycles. The molecule has 1 aliphatic heterocycles. The molecule has 0 spiro atoms. The minimum Gasteiger partial charge on any atom is -0.352 e. The van der Waals surface area contributed by atoms with Gasteiger partial charge in [0.1, 0.15) is 0 Å². The summed E-state index contributed by atoms with van der Waals surface area (Å²) in [6, 6.07) is 18.9. The molecule has 1 aliphatic rings. The van der Waals surface area contributed by atoms with E-state index in [0.29, 0.717) is 0 Å². The van der Waals surface area contributed by atoms with Crippen molar-refractivity contribution in [1.29, 1.82) is 0 Å². The van der Waals surface area contributed by atoms with Crippen LogP contribution in [0.5, 0.6) is 0 Å². The molecule has 0 unspecified atom stereocenters. The first-order chi connectivity index (χ1) is 14.1. The highest BCUT2D eigenvalue weighted by atomic mass is 32.1. The second-order valence-corrected chi connectivity index (χ2v) is 8.10. The topological polar surface area (TPSA) is 36.3 Å². The van der Waals surface area contributed by atoms with Gasteiger partial charge in [-0.2, -0.15) is 0 Å². The van der Waals surface area contributed by atoms with Gasteiger partial charge in [-0.15, -0.1) is 0 Å². The van der Waals surface area contributed by atoms with E-state index in [0.717, 1.165) is 23.9 Å². The molecule has 1 fully saturated rings. The highest BCUT2D eigenvalue weighted by Crippen LogP contribution is 2.39. The number of pyridine rings is 1. The van der Waals surface area contributed by atoms with Crippen molar-refractivity contribution >= 4 is 17.3 Å². The van der Waals surface area contributed by atoms with E-state index in [1.54, 1.807) is 0 Å². The van der Waals surface area contributed by atoms with E-state index in [4.69, 9.17) is 12.2 Å². The molecule has 1 aromatic carbocycles. The van der Waals surface area contributed by atoms with Gasteiger partial charge in [0.15, 0.2) is 5.11 Å². The summed E-state index contributed by atoms with van der Waals surface area (Å²) >= 11 is 5.77. The Kier molecular flexibility index (Phi) is 5.65. The number of nitrogens with zero attached hydrogens (tertiary/aromatic N) is 4. The fourth-order valence-electron chi connectivity index (χ4n) is 3.96. The summed E-state index contributed by atoms with van der Waals surface area (Å²) in [6.45, 7) is 3.93. The second kappa shape index (κ2) is 8.35. The average molecular weight is 406 g/mol. The van der Waals surface area contributed by atoms with Crippen molar-refractivity contribution in [2.24, 2.45) is 0 Å². The van der Waals surface area contributed by atoms with Crippen LogP contribution in [0, 0.1) is 6.92 Å². The van der Waals surface area contributed by atoms with E-state index >= 15 is 0 Å². The zero-order chi connectivity index (χ0) is 20.4. The van der Waals surface area contributed by atoms with Crippen LogP contribution >= 0.6 is 12.2 Å². The molecule has 0 radical (unpaired) electrons. The molecular formula is C23H27N5S. The SMILES string of the molecule is Cc1ccccc1-n1cccc1[C@@H]1[C@H](c2ccccn2)NC(=S)N1CCN(C)C. The van der Waals surface area contributed by atoms with Gasteiger partial charge >= 0.3 is 0 Å². The third-order valence-corrected chi connectivity index (χ3v) is 5.80. The number of para-hydroxylation sites is 1. The quantitative estimate of drug-likeness (QED) is 0.633. The Morgan fingerprint density at radius 1 is 1.07 bits per heavy atom. The van der Waals surface area contributed by atoms with Crippen LogP contribution in [0.2, 0.25) is 0 Å².